The van der Waals surface area contributed by atoms with Crippen molar-refractivity contribution in [2.75, 3.05) is 46.1 Å². The monoisotopic (exact) mass is 473 g/mol. The molecule has 2 saturated heterocycles. The van der Waals surface area contributed by atoms with Crippen LogP contribution >= 0.6 is 11.6 Å². The van der Waals surface area contributed by atoms with Gasteiger partial charge in [0, 0.05) is 6.42 Å². The highest BCUT2D eigenvalue weighted by atomic mass is 35.5. The Hall–Kier alpha value is -1.99. The first kappa shape index (κ1) is 22.8. The number of quaternary nitrogens is 1. The van der Waals surface area contributed by atoms with Gasteiger partial charge in [-0.3, -0.25) is 4.90 Å². The van der Waals surface area contributed by atoms with Crippen LogP contribution in [-0.2, 0) is 11.2 Å². The molecule has 6 nitrogen and oxygen atoms in total. The first-order valence-corrected chi connectivity index (χ1v) is 12.5. The zero-order valence-corrected chi connectivity index (χ0v) is 20.1. The van der Waals surface area contributed by atoms with Gasteiger partial charge >= 0.3 is 0 Å². The molecular formula is C26H34ClN2O4+. The van der Waals surface area contributed by atoms with Crippen LogP contribution in [0.5, 0.6) is 17.2 Å². The predicted molar refractivity (Wildman–Crippen MR) is 128 cm³/mol. The summed E-state index contributed by atoms with van der Waals surface area (Å²) in [5, 5.41) is 3.09. The molecule has 0 radical (unpaired) electrons. The van der Waals surface area contributed by atoms with Crippen molar-refractivity contribution in [3.05, 3.63) is 52.5 Å². The maximum Gasteiger partial charge on any atom is 0.228 e. The number of nitrogens with two attached hydrogens (primary N) is 1. The summed E-state index contributed by atoms with van der Waals surface area (Å²) in [6.07, 6.45) is 4.38. The molecule has 0 saturated carbocycles. The second kappa shape index (κ2) is 10.1. The number of hydrogen-bond acceptors (Lipinski definition) is 5. The molecule has 2 fully saturated rings. The standard InChI is InChI=1S/C26H33ClN2O4/c1-19-4-6-22(27)24(14-19)30-11-8-26(18-33-26)28-21(17-29-9-2-3-10-29)15-20-5-7-23-25(16-20)32-13-12-31-23/h4-7,14,16,21,28H,2-3,8-13,15,17-18H2,1H3/p+1. The van der Waals surface area contributed by atoms with E-state index in [2.05, 4.69) is 22.3 Å². The number of halogens is 1. The molecule has 2 N–H and O–H groups in total. The zero-order valence-electron chi connectivity index (χ0n) is 19.4. The average molecular weight is 474 g/mol. The van der Waals surface area contributed by atoms with Crippen molar-refractivity contribution in [2.45, 2.75) is 44.4 Å². The van der Waals surface area contributed by atoms with E-state index in [9.17, 15) is 0 Å². The van der Waals surface area contributed by atoms with Gasteiger partial charge in [0.05, 0.1) is 24.6 Å². The molecule has 3 heterocycles. The fourth-order valence-electron chi connectivity index (χ4n) is 4.89. The number of aryl methyl sites for hydroxylation is 1. The van der Waals surface area contributed by atoms with E-state index in [1.165, 1.54) is 31.5 Å². The zero-order chi connectivity index (χ0) is 22.7. The Morgan fingerprint density at radius 2 is 1.88 bits per heavy atom. The average Bonchev–Trinajstić information content (AvgIpc) is 3.37. The SMILES string of the molecule is Cc1ccc(Cl)c(OCCC2([NH2+]C(Cc3ccc4c(c3)OCCO4)CN3CCCC3)CO2)c1. The topological polar surface area (TPSA) is 60.1 Å². The molecular weight excluding hydrogens is 440 g/mol. The van der Waals surface area contributed by atoms with Gasteiger partial charge in [0.2, 0.25) is 5.72 Å². The lowest BCUT2D eigenvalue weighted by Crippen LogP contribution is -2.99. The molecule has 2 unspecified atom stereocenters. The van der Waals surface area contributed by atoms with Crippen molar-refractivity contribution >= 4 is 11.6 Å². The van der Waals surface area contributed by atoms with Crippen LogP contribution in [0.3, 0.4) is 0 Å². The van der Waals surface area contributed by atoms with Crippen LogP contribution in [0.25, 0.3) is 0 Å². The minimum atomic E-state index is -0.200. The van der Waals surface area contributed by atoms with Gasteiger partial charge in [0.1, 0.15) is 31.6 Å². The summed E-state index contributed by atoms with van der Waals surface area (Å²) < 4.78 is 23.5. The minimum absolute atomic E-state index is 0.200. The normalized spacial score (nSPS) is 22.8. The van der Waals surface area contributed by atoms with Gasteiger partial charge in [0.25, 0.3) is 0 Å². The number of ether oxygens (including phenoxy) is 4. The molecule has 0 aliphatic carbocycles. The lowest BCUT2D eigenvalue weighted by Gasteiger charge is -2.25. The van der Waals surface area contributed by atoms with E-state index in [0.29, 0.717) is 30.9 Å². The Bertz CT molecular complexity index is 959. The molecule has 2 atom stereocenters. The second-order valence-electron chi connectivity index (χ2n) is 9.50. The van der Waals surface area contributed by atoms with Crippen LogP contribution in [0.15, 0.2) is 36.4 Å². The number of hydrogen-bond donors (Lipinski definition) is 1. The van der Waals surface area contributed by atoms with E-state index in [-0.39, 0.29) is 5.72 Å². The summed E-state index contributed by atoms with van der Waals surface area (Å²) in [6, 6.07) is 12.6. The van der Waals surface area contributed by atoms with E-state index in [1.54, 1.807) is 0 Å². The maximum atomic E-state index is 6.29. The van der Waals surface area contributed by atoms with Crippen molar-refractivity contribution < 1.29 is 24.3 Å². The van der Waals surface area contributed by atoms with Crippen LogP contribution in [-0.4, -0.2) is 62.7 Å². The van der Waals surface area contributed by atoms with Crippen molar-refractivity contribution in [1.29, 1.82) is 0 Å². The van der Waals surface area contributed by atoms with Crippen LogP contribution in [0.1, 0.15) is 30.4 Å². The summed E-state index contributed by atoms with van der Waals surface area (Å²) in [4.78, 5) is 2.58. The molecule has 0 bridgehead atoms. The van der Waals surface area contributed by atoms with Crippen LogP contribution < -0.4 is 19.5 Å². The first-order chi connectivity index (χ1) is 16.1. The van der Waals surface area contributed by atoms with Gasteiger partial charge in [-0.15, -0.1) is 0 Å². The van der Waals surface area contributed by atoms with Crippen LogP contribution in [0.4, 0.5) is 0 Å². The van der Waals surface area contributed by atoms with Crippen molar-refractivity contribution in [3.63, 3.8) is 0 Å². The maximum absolute atomic E-state index is 6.29. The highest BCUT2D eigenvalue weighted by Crippen LogP contribution is 2.32. The van der Waals surface area contributed by atoms with Crippen molar-refractivity contribution in [2.24, 2.45) is 0 Å². The largest absolute Gasteiger partial charge is 0.492 e. The minimum Gasteiger partial charge on any atom is -0.492 e. The Kier molecular flexibility index (Phi) is 6.97. The smallest absolute Gasteiger partial charge is 0.228 e. The number of nitrogens with zero attached hydrogens (tertiary/aromatic N) is 1. The third-order valence-electron chi connectivity index (χ3n) is 6.72. The first-order valence-electron chi connectivity index (χ1n) is 12.1. The summed E-state index contributed by atoms with van der Waals surface area (Å²) in [5.41, 5.74) is 2.22. The molecule has 3 aliphatic heterocycles. The fourth-order valence-corrected chi connectivity index (χ4v) is 5.06. The Morgan fingerprint density at radius 1 is 1.09 bits per heavy atom. The van der Waals surface area contributed by atoms with Gasteiger partial charge < -0.3 is 24.3 Å². The lowest BCUT2D eigenvalue weighted by molar-refractivity contribution is -0.751. The van der Waals surface area contributed by atoms with E-state index >= 15 is 0 Å². The quantitative estimate of drug-likeness (QED) is 0.537. The number of rotatable bonds is 10. The van der Waals surface area contributed by atoms with E-state index < -0.39 is 0 Å². The molecule has 33 heavy (non-hydrogen) atoms. The highest BCUT2D eigenvalue weighted by Gasteiger charge is 2.51. The van der Waals surface area contributed by atoms with Gasteiger partial charge in [0.15, 0.2) is 11.5 Å². The molecule has 178 valence electrons. The molecule has 5 rings (SSSR count). The van der Waals surface area contributed by atoms with Crippen LogP contribution in [0, 0.1) is 6.92 Å². The van der Waals surface area contributed by atoms with Crippen molar-refractivity contribution in [1.82, 2.24) is 4.90 Å². The van der Waals surface area contributed by atoms with Crippen molar-refractivity contribution in [3.8, 4) is 17.2 Å². The third-order valence-corrected chi connectivity index (χ3v) is 7.03. The van der Waals surface area contributed by atoms with E-state index in [4.69, 9.17) is 30.5 Å². The summed E-state index contributed by atoms with van der Waals surface area (Å²) in [5.74, 6) is 2.45. The van der Waals surface area contributed by atoms with Gasteiger partial charge in [-0.2, -0.15) is 0 Å². The predicted octanol–water partition coefficient (Wildman–Crippen LogP) is 3.19. The number of likely N-dealkylation sites (tertiary alicyclic amines) is 1. The van der Waals surface area contributed by atoms with Gasteiger partial charge in [-0.05, 0) is 68.2 Å². The molecule has 0 spiro atoms. The third kappa shape index (κ3) is 5.93. The highest BCUT2D eigenvalue weighted by molar-refractivity contribution is 6.32. The number of benzene rings is 2. The summed E-state index contributed by atoms with van der Waals surface area (Å²) >= 11 is 6.29. The van der Waals surface area contributed by atoms with Gasteiger partial charge in [-0.25, -0.2) is 0 Å². The molecule has 0 amide bonds. The number of fused-ring (bicyclic) bond motifs is 1. The molecule has 7 heteroatoms. The summed E-state index contributed by atoms with van der Waals surface area (Å²) in [7, 11) is 0. The van der Waals surface area contributed by atoms with E-state index in [1.807, 2.05) is 31.2 Å². The summed E-state index contributed by atoms with van der Waals surface area (Å²) in [6.45, 7) is 8.06. The van der Waals surface area contributed by atoms with Crippen LogP contribution in [0.2, 0.25) is 5.02 Å². The lowest BCUT2D eigenvalue weighted by atomic mass is 10.0. The molecule has 2 aromatic carbocycles. The Morgan fingerprint density at radius 3 is 2.67 bits per heavy atom. The van der Waals surface area contributed by atoms with E-state index in [0.717, 1.165) is 48.8 Å². The molecule has 2 aromatic rings. The Balaban J connectivity index is 1.22. The molecule has 3 aliphatic rings. The van der Waals surface area contributed by atoms with Gasteiger partial charge in [-0.1, -0.05) is 23.7 Å². The Labute approximate surface area is 201 Å². The number of epoxide rings is 1. The fraction of sp³-hybridized carbons (Fsp3) is 0.538. The second-order valence-corrected chi connectivity index (χ2v) is 9.91. The molecule has 0 aromatic heterocycles.